The fraction of sp³-hybridized carbons (Fsp3) is 0. The van der Waals surface area contributed by atoms with E-state index < -0.39 is 22.7 Å². The van der Waals surface area contributed by atoms with E-state index in [4.69, 9.17) is 4.42 Å². The van der Waals surface area contributed by atoms with Gasteiger partial charge in [-0.05, 0) is 30.3 Å². The molecule has 0 aliphatic heterocycles. The summed E-state index contributed by atoms with van der Waals surface area (Å²) in [6.07, 6.45) is 0. The van der Waals surface area contributed by atoms with Crippen LogP contribution in [0.15, 0.2) is 45.6 Å². The van der Waals surface area contributed by atoms with E-state index in [9.17, 15) is 25.2 Å². The average molecular weight is 286 g/mol. The lowest BCUT2D eigenvalue weighted by molar-refractivity contribution is 0.403. The molecule has 0 aliphatic carbocycles. The second-order valence-corrected chi connectivity index (χ2v) is 4.49. The molecule has 0 radical (unpaired) electrons. The summed E-state index contributed by atoms with van der Waals surface area (Å²) < 4.78 is 5.43. The molecule has 3 aromatic rings. The van der Waals surface area contributed by atoms with Crippen LogP contribution in [0.2, 0.25) is 0 Å². The third-order valence-electron chi connectivity index (χ3n) is 3.09. The van der Waals surface area contributed by atoms with Crippen LogP contribution in [0, 0.1) is 0 Å². The molecule has 0 fully saturated rings. The first-order valence-corrected chi connectivity index (χ1v) is 5.98. The number of benzene rings is 2. The molecule has 0 saturated carbocycles. The Balaban J connectivity index is 2.34. The van der Waals surface area contributed by atoms with E-state index in [2.05, 4.69) is 0 Å². The second kappa shape index (κ2) is 4.45. The minimum atomic E-state index is -0.727. The van der Waals surface area contributed by atoms with Gasteiger partial charge >= 0.3 is 0 Å². The highest BCUT2D eigenvalue weighted by molar-refractivity contribution is 5.84. The molecule has 6 nitrogen and oxygen atoms in total. The largest absolute Gasteiger partial charge is 0.508 e. The molecule has 4 N–H and O–H groups in total. The Morgan fingerprint density at radius 1 is 0.857 bits per heavy atom. The summed E-state index contributed by atoms with van der Waals surface area (Å²) in [4.78, 5) is 12.1. The third kappa shape index (κ3) is 2.02. The van der Waals surface area contributed by atoms with Gasteiger partial charge in [-0.1, -0.05) is 0 Å². The zero-order chi connectivity index (χ0) is 15.1. The van der Waals surface area contributed by atoms with Gasteiger partial charge < -0.3 is 24.8 Å². The molecular weight excluding hydrogens is 276 g/mol. The number of phenolic OH excluding ortho intramolecular Hbond substituents is 3. The molecule has 21 heavy (non-hydrogen) atoms. The maximum atomic E-state index is 12.1. The fourth-order valence-corrected chi connectivity index (χ4v) is 2.02. The van der Waals surface area contributed by atoms with Crippen LogP contribution in [0.4, 0.5) is 0 Å². The summed E-state index contributed by atoms with van der Waals surface area (Å²) in [6, 6.07) is 7.83. The molecule has 0 unspecified atom stereocenters. The SMILES string of the molecule is O=c1c(O)c(-c2ccc(O)cc2)oc2cc(O)c(O)cc12. The van der Waals surface area contributed by atoms with Crippen LogP contribution in [-0.2, 0) is 0 Å². The van der Waals surface area contributed by atoms with E-state index >= 15 is 0 Å². The molecular formula is C15H10O6. The van der Waals surface area contributed by atoms with Crippen LogP contribution in [0.3, 0.4) is 0 Å². The van der Waals surface area contributed by atoms with Gasteiger partial charge in [-0.2, -0.15) is 0 Å². The Bertz CT molecular complexity index is 893. The summed E-state index contributed by atoms with van der Waals surface area (Å²) in [5.41, 5.74) is -0.317. The molecule has 0 amide bonds. The standard InChI is InChI=1S/C15H10O6/c16-8-3-1-7(2-4-8)15-14(20)13(19)9-5-10(17)11(18)6-12(9)21-15/h1-6,16-18,20H. The summed E-state index contributed by atoms with van der Waals surface area (Å²) in [6.45, 7) is 0. The Hall–Kier alpha value is -3.15. The molecule has 3 rings (SSSR count). The summed E-state index contributed by atoms with van der Waals surface area (Å²) in [5, 5.41) is 38.0. The Morgan fingerprint density at radius 2 is 1.48 bits per heavy atom. The maximum absolute atomic E-state index is 12.1. The molecule has 0 spiro atoms. The maximum Gasteiger partial charge on any atom is 0.235 e. The predicted octanol–water partition coefficient (Wildman–Crippen LogP) is 2.28. The summed E-state index contributed by atoms with van der Waals surface area (Å²) in [7, 11) is 0. The van der Waals surface area contributed by atoms with Crippen molar-refractivity contribution in [3.63, 3.8) is 0 Å². The van der Waals surface area contributed by atoms with Crippen molar-refractivity contribution in [3.05, 3.63) is 46.6 Å². The molecule has 2 aromatic carbocycles. The van der Waals surface area contributed by atoms with Crippen molar-refractivity contribution in [1.29, 1.82) is 0 Å². The first kappa shape index (κ1) is 12.9. The van der Waals surface area contributed by atoms with Crippen LogP contribution in [-0.4, -0.2) is 20.4 Å². The Kier molecular flexibility index (Phi) is 2.72. The minimum absolute atomic E-state index is 0.0242. The molecule has 0 atom stereocenters. The highest BCUT2D eigenvalue weighted by atomic mass is 16.4. The monoisotopic (exact) mass is 286 g/mol. The van der Waals surface area contributed by atoms with E-state index in [0.717, 1.165) is 12.1 Å². The van der Waals surface area contributed by atoms with Gasteiger partial charge in [-0.15, -0.1) is 0 Å². The van der Waals surface area contributed by atoms with E-state index in [1.807, 2.05) is 0 Å². The molecule has 0 saturated heterocycles. The first-order valence-electron chi connectivity index (χ1n) is 5.98. The fourth-order valence-electron chi connectivity index (χ4n) is 2.02. The first-order chi connectivity index (χ1) is 9.97. The van der Waals surface area contributed by atoms with Crippen LogP contribution in [0.1, 0.15) is 0 Å². The Labute approximate surface area is 117 Å². The predicted molar refractivity (Wildman–Crippen MR) is 74.6 cm³/mol. The van der Waals surface area contributed by atoms with E-state index in [-0.39, 0.29) is 22.5 Å². The molecule has 0 bridgehead atoms. The van der Waals surface area contributed by atoms with Gasteiger partial charge in [0.1, 0.15) is 11.3 Å². The van der Waals surface area contributed by atoms with Gasteiger partial charge in [0.15, 0.2) is 17.3 Å². The van der Waals surface area contributed by atoms with E-state index in [1.54, 1.807) is 0 Å². The van der Waals surface area contributed by atoms with Crippen molar-refractivity contribution in [2.24, 2.45) is 0 Å². The molecule has 0 aliphatic rings. The van der Waals surface area contributed by atoms with E-state index in [1.165, 1.54) is 24.3 Å². The lowest BCUT2D eigenvalue weighted by Crippen LogP contribution is -2.02. The lowest BCUT2D eigenvalue weighted by atomic mass is 10.1. The van der Waals surface area contributed by atoms with Gasteiger partial charge in [-0.25, -0.2) is 0 Å². The highest BCUT2D eigenvalue weighted by Gasteiger charge is 2.17. The molecule has 106 valence electrons. The smallest absolute Gasteiger partial charge is 0.235 e. The number of hydrogen-bond donors (Lipinski definition) is 4. The zero-order valence-corrected chi connectivity index (χ0v) is 10.6. The van der Waals surface area contributed by atoms with Gasteiger partial charge in [0, 0.05) is 11.6 Å². The number of fused-ring (bicyclic) bond motifs is 1. The van der Waals surface area contributed by atoms with Crippen molar-refractivity contribution in [2.45, 2.75) is 0 Å². The van der Waals surface area contributed by atoms with Crippen molar-refractivity contribution >= 4 is 11.0 Å². The second-order valence-electron chi connectivity index (χ2n) is 4.49. The molecule has 1 aromatic heterocycles. The highest BCUT2D eigenvalue weighted by Crippen LogP contribution is 2.34. The number of phenols is 3. The molecule has 1 heterocycles. The lowest BCUT2D eigenvalue weighted by Gasteiger charge is -2.07. The normalized spacial score (nSPS) is 10.9. The van der Waals surface area contributed by atoms with Crippen molar-refractivity contribution in [1.82, 2.24) is 0 Å². The average Bonchev–Trinajstić information content (AvgIpc) is 2.46. The van der Waals surface area contributed by atoms with Crippen LogP contribution < -0.4 is 5.43 Å². The van der Waals surface area contributed by atoms with Gasteiger partial charge in [-0.3, -0.25) is 4.79 Å². The minimum Gasteiger partial charge on any atom is -0.508 e. The van der Waals surface area contributed by atoms with Gasteiger partial charge in [0.2, 0.25) is 11.2 Å². The van der Waals surface area contributed by atoms with Crippen molar-refractivity contribution in [3.8, 4) is 34.3 Å². The Morgan fingerprint density at radius 3 is 2.14 bits per heavy atom. The topological polar surface area (TPSA) is 111 Å². The molecule has 6 heteroatoms. The third-order valence-corrected chi connectivity index (χ3v) is 3.09. The zero-order valence-electron chi connectivity index (χ0n) is 10.6. The van der Waals surface area contributed by atoms with Gasteiger partial charge in [0.05, 0.1) is 5.39 Å². The number of hydrogen-bond acceptors (Lipinski definition) is 6. The van der Waals surface area contributed by atoms with Crippen LogP contribution >= 0.6 is 0 Å². The van der Waals surface area contributed by atoms with E-state index in [0.29, 0.717) is 5.56 Å². The van der Waals surface area contributed by atoms with Crippen molar-refractivity contribution in [2.75, 3.05) is 0 Å². The quantitative estimate of drug-likeness (QED) is 0.511. The summed E-state index contributed by atoms with van der Waals surface area (Å²) in [5.74, 6) is -1.58. The number of rotatable bonds is 1. The van der Waals surface area contributed by atoms with Crippen LogP contribution in [0.25, 0.3) is 22.3 Å². The summed E-state index contributed by atoms with van der Waals surface area (Å²) >= 11 is 0. The van der Waals surface area contributed by atoms with Gasteiger partial charge in [0.25, 0.3) is 0 Å². The van der Waals surface area contributed by atoms with Crippen molar-refractivity contribution < 1.29 is 24.8 Å². The number of aromatic hydroxyl groups is 4. The van der Waals surface area contributed by atoms with Crippen LogP contribution in [0.5, 0.6) is 23.0 Å².